The molecule has 21 heavy (non-hydrogen) atoms. The zero-order valence-corrected chi connectivity index (χ0v) is 12.1. The topological polar surface area (TPSA) is 74.2 Å². The first-order chi connectivity index (χ1) is 9.75. The van der Waals surface area contributed by atoms with Gasteiger partial charge in [-0.3, -0.25) is 0 Å². The Bertz CT molecular complexity index is 473. The highest BCUT2D eigenvalue weighted by Crippen LogP contribution is 2.46. The summed E-state index contributed by atoms with van der Waals surface area (Å²) < 4.78 is 49.3. The number of halogens is 3. The SMILES string of the molecule is COCC(C)(N)c1noc(C2CCCCC2C(F)(F)F)n1. The average molecular weight is 307 g/mol. The summed E-state index contributed by atoms with van der Waals surface area (Å²) in [6, 6.07) is 0. The summed E-state index contributed by atoms with van der Waals surface area (Å²) >= 11 is 0. The van der Waals surface area contributed by atoms with Gasteiger partial charge in [-0.15, -0.1) is 0 Å². The molecule has 1 heterocycles. The Morgan fingerprint density at radius 2 is 2.00 bits per heavy atom. The van der Waals surface area contributed by atoms with Crippen molar-refractivity contribution in [3.8, 4) is 0 Å². The van der Waals surface area contributed by atoms with E-state index < -0.39 is 23.6 Å². The minimum Gasteiger partial charge on any atom is -0.382 e. The number of hydrogen-bond acceptors (Lipinski definition) is 5. The van der Waals surface area contributed by atoms with Gasteiger partial charge in [0.05, 0.1) is 12.5 Å². The molecule has 1 aliphatic carbocycles. The van der Waals surface area contributed by atoms with E-state index in [2.05, 4.69) is 10.1 Å². The molecular weight excluding hydrogens is 287 g/mol. The van der Waals surface area contributed by atoms with Crippen LogP contribution in [0.2, 0.25) is 0 Å². The van der Waals surface area contributed by atoms with Crippen molar-refractivity contribution in [1.82, 2.24) is 10.1 Å². The van der Waals surface area contributed by atoms with Gasteiger partial charge in [-0.05, 0) is 19.8 Å². The summed E-state index contributed by atoms with van der Waals surface area (Å²) in [6.07, 6.45) is -2.45. The molecule has 3 atom stereocenters. The van der Waals surface area contributed by atoms with Crippen LogP contribution in [-0.4, -0.2) is 30.0 Å². The minimum atomic E-state index is -4.25. The molecule has 3 unspecified atom stereocenters. The first-order valence-electron chi connectivity index (χ1n) is 6.94. The van der Waals surface area contributed by atoms with E-state index in [0.29, 0.717) is 12.8 Å². The van der Waals surface area contributed by atoms with Crippen molar-refractivity contribution in [3.63, 3.8) is 0 Å². The predicted octanol–water partition coefficient (Wildman–Crippen LogP) is 2.73. The van der Waals surface area contributed by atoms with Crippen molar-refractivity contribution >= 4 is 0 Å². The molecule has 5 nitrogen and oxygen atoms in total. The van der Waals surface area contributed by atoms with Crippen molar-refractivity contribution in [2.45, 2.75) is 50.2 Å². The van der Waals surface area contributed by atoms with Crippen LogP contribution in [0, 0.1) is 5.92 Å². The predicted molar refractivity (Wildman–Crippen MR) is 68.5 cm³/mol. The average Bonchev–Trinajstić information content (AvgIpc) is 2.88. The Hall–Kier alpha value is -1.15. The van der Waals surface area contributed by atoms with E-state index in [0.717, 1.165) is 6.42 Å². The molecule has 1 aromatic rings. The highest BCUT2D eigenvalue weighted by atomic mass is 19.4. The number of nitrogens with two attached hydrogens (primary N) is 1. The fourth-order valence-corrected chi connectivity index (χ4v) is 2.80. The zero-order chi connectivity index (χ0) is 15.7. The molecule has 2 rings (SSSR count). The number of alkyl halides is 3. The minimum absolute atomic E-state index is 0.0276. The molecular formula is C13H20F3N3O2. The Balaban J connectivity index is 2.23. The number of rotatable bonds is 4. The molecule has 2 N–H and O–H groups in total. The number of hydrogen-bond donors (Lipinski definition) is 1. The Morgan fingerprint density at radius 3 is 2.62 bits per heavy atom. The third kappa shape index (κ3) is 3.55. The maximum absolute atomic E-state index is 13.1. The number of methoxy groups -OCH3 is 1. The van der Waals surface area contributed by atoms with Gasteiger partial charge in [0.15, 0.2) is 5.82 Å². The van der Waals surface area contributed by atoms with Gasteiger partial charge in [-0.2, -0.15) is 18.2 Å². The van der Waals surface area contributed by atoms with Crippen LogP contribution in [-0.2, 0) is 10.3 Å². The van der Waals surface area contributed by atoms with E-state index >= 15 is 0 Å². The summed E-state index contributed by atoms with van der Waals surface area (Å²) in [7, 11) is 1.48. The smallest absolute Gasteiger partial charge is 0.382 e. The second-order valence-corrected chi connectivity index (χ2v) is 5.85. The molecule has 1 aromatic heterocycles. The van der Waals surface area contributed by atoms with Crippen LogP contribution in [0.4, 0.5) is 13.2 Å². The van der Waals surface area contributed by atoms with Crippen LogP contribution in [0.15, 0.2) is 4.52 Å². The molecule has 0 saturated heterocycles. The van der Waals surface area contributed by atoms with E-state index in [4.69, 9.17) is 15.0 Å². The molecule has 0 amide bonds. The summed E-state index contributed by atoms with van der Waals surface area (Å²) in [5.41, 5.74) is 4.99. The largest absolute Gasteiger partial charge is 0.392 e. The Kier molecular flexibility index (Phi) is 4.57. The van der Waals surface area contributed by atoms with Crippen LogP contribution in [0.25, 0.3) is 0 Å². The van der Waals surface area contributed by atoms with Gasteiger partial charge in [-0.1, -0.05) is 18.0 Å². The van der Waals surface area contributed by atoms with Gasteiger partial charge < -0.3 is 15.0 Å². The molecule has 1 aliphatic rings. The molecule has 0 radical (unpaired) electrons. The Labute approximate surface area is 121 Å². The van der Waals surface area contributed by atoms with E-state index in [-0.39, 0.29) is 24.7 Å². The normalized spacial score (nSPS) is 26.6. The molecule has 0 aromatic carbocycles. The molecule has 1 saturated carbocycles. The van der Waals surface area contributed by atoms with Gasteiger partial charge in [-0.25, -0.2) is 0 Å². The van der Waals surface area contributed by atoms with Crippen LogP contribution in [0.5, 0.6) is 0 Å². The summed E-state index contributed by atoms with van der Waals surface area (Å²) in [5.74, 6) is -2.00. The monoisotopic (exact) mass is 307 g/mol. The van der Waals surface area contributed by atoms with Crippen molar-refractivity contribution in [3.05, 3.63) is 11.7 Å². The van der Waals surface area contributed by atoms with Gasteiger partial charge in [0.1, 0.15) is 5.54 Å². The van der Waals surface area contributed by atoms with Gasteiger partial charge in [0, 0.05) is 13.0 Å². The lowest BCUT2D eigenvalue weighted by atomic mass is 9.78. The highest BCUT2D eigenvalue weighted by molar-refractivity contribution is 5.06. The summed E-state index contributed by atoms with van der Waals surface area (Å²) in [5, 5.41) is 3.74. The third-order valence-corrected chi connectivity index (χ3v) is 3.90. The summed E-state index contributed by atoms with van der Waals surface area (Å²) in [4.78, 5) is 4.11. The van der Waals surface area contributed by atoms with Crippen LogP contribution in [0.1, 0.15) is 50.2 Å². The molecule has 0 bridgehead atoms. The maximum atomic E-state index is 13.1. The fourth-order valence-electron chi connectivity index (χ4n) is 2.80. The molecule has 0 aliphatic heterocycles. The number of aromatic nitrogens is 2. The van der Waals surface area contributed by atoms with Gasteiger partial charge in [0.25, 0.3) is 0 Å². The molecule has 0 spiro atoms. The van der Waals surface area contributed by atoms with Crippen molar-refractivity contribution in [1.29, 1.82) is 0 Å². The molecule has 1 fully saturated rings. The van der Waals surface area contributed by atoms with Crippen molar-refractivity contribution in [2.24, 2.45) is 11.7 Å². The maximum Gasteiger partial charge on any atom is 0.392 e. The van der Waals surface area contributed by atoms with Gasteiger partial charge >= 0.3 is 6.18 Å². The fraction of sp³-hybridized carbons (Fsp3) is 0.846. The molecule has 8 heteroatoms. The van der Waals surface area contributed by atoms with Crippen LogP contribution < -0.4 is 5.73 Å². The number of ether oxygens (including phenoxy) is 1. The first-order valence-corrected chi connectivity index (χ1v) is 6.94. The van der Waals surface area contributed by atoms with Crippen molar-refractivity contribution in [2.75, 3.05) is 13.7 Å². The lowest BCUT2D eigenvalue weighted by molar-refractivity contribution is -0.189. The highest BCUT2D eigenvalue weighted by Gasteiger charge is 2.48. The van der Waals surface area contributed by atoms with Crippen LogP contribution >= 0.6 is 0 Å². The van der Waals surface area contributed by atoms with E-state index in [1.165, 1.54) is 7.11 Å². The van der Waals surface area contributed by atoms with E-state index in [9.17, 15) is 13.2 Å². The quantitative estimate of drug-likeness (QED) is 0.925. The lowest BCUT2D eigenvalue weighted by Crippen LogP contribution is -2.39. The van der Waals surface area contributed by atoms with Crippen LogP contribution in [0.3, 0.4) is 0 Å². The van der Waals surface area contributed by atoms with Gasteiger partial charge in [0.2, 0.25) is 5.89 Å². The van der Waals surface area contributed by atoms with Crippen molar-refractivity contribution < 1.29 is 22.4 Å². The summed E-state index contributed by atoms with van der Waals surface area (Å²) in [6.45, 7) is 1.80. The second kappa shape index (κ2) is 5.92. The lowest BCUT2D eigenvalue weighted by Gasteiger charge is -2.30. The second-order valence-electron chi connectivity index (χ2n) is 5.85. The molecule has 120 valence electrons. The zero-order valence-electron chi connectivity index (χ0n) is 12.1. The van der Waals surface area contributed by atoms with E-state index in [1.54, 1.807) is 6.92 Å². The Morgan fingerprint density at radius 1 is 1.33 bits per heavy atom. The number of nitrogens with zero attached hydrogens (tertiary/aromatic N) is 2. The standard InChI is InChI=1S/C13H20F3N3O2/c1-12(17,7-20-2)11-18-10(21-19-11)8-5-3-4-6-9(8)13(14,15)16/h8-9H,3-7,17H2,1-2H3. The third-order valence-electron chi connectivity index (χ3n) is 3.90. The first kappa shape index (κ1) is 16.2. The van der Waals surface area contributed by atoms with E-state index in [1.807, 2.05) is 0 Å².